The Morgan fingerprint density at radius 2 is 1.83 bits per heavy atom. The first-order valence-corrected chi connectivity index (χ1v) is 13.2. The number of ether oxygens (including phenoxy) is 3. The molecule has 9 nitrogen and oxygen atoms in total. The van der Waals surface area contributed by atoms with Crippen LogP contribution >= 0.6 is 11.5 Å². The van der Waals surface area contributed by atoms with E-state index in [4.69, 9.17) is 19.5 Å². The summed E-state index contributed by atoms with van der Waals surface area (Å²) in [5.41, 5.74) is 3.19. The van der Waals surface area contributed by atoms with Crippen molar-refractivity contribution < 1.29 is 27.8 Å². The highest BCUT2D eigenvalue weighted by Gasteiger charge is 2.17. The molecule has 0 aliphatic carbocycles. The molecule has 5 rings (SSSR count). The van der Waals surface area contributed by atoms with E-state index in [2.05, 4.69) is 14.3 Å². The van der Waals surface area contributed by atoms with Crippen LogP contribution in [0.15, 0.2) is 54.6 Å². The molecule has 0 amide bonds. The zero-order chi connectivity index (χ0) is 28.9. The van der Waals surface area contributed by atoms with Gasteiger partial charge in [0.15, 0.2) is 0 Å². The van der Waals surface area contributed by atoms with Gasteiger partial charge in [0.1, 0.15) is 29.1 Å². The molecule has 0 N–H and O–H groups in total. The van der Waals surface area contributed by atoms with Crippen molar-refractivity contribution >= 4 is 28.5 Å². The first-order valence-electron chi connectivity index (χ1n) is 12.4. The number of aromatic nitrogens is 4. The lowest BCUT2D eigenvalue weighted by atomic mass is 10.1. The first-order chi connectivity index (χ1) is 19.9. The van der Waals surface area contributed by atoms with Gasteiger partial charge in [-0.15, -0.1) is 4.37 Å². The van der Waals surface area contributed by atoms with Crippen molar-refractivity contribution in [2.24, 2.45) is 0 Å². The number of halogens is 2. The van der Waals surface area contributed by atoms with Gasteiger partial charge in [0.25, 0.3) is 0 Å². The van der Waals surface area contributed by atoms with E-state index >= 15 is 4.39 Å². The number of benzene rings is 3. The van der Waals surface area contributed by atoms with Gasteiger partial charge in [-0.1, -0.05) is 18.2 Å². The predicted molar refractivity (Wildman–Crippen MR) is 147 cm³/mol. The maximum absolute atomic E-state index is 15.3. The molecule has 0 fully saturated rings. The molecule has 2 heterocycles. The van der Waals surface area contributed by atoms with Crippen molar-refractivity contribution in [2.45, 2.75) is 19.6 Å². The molecule has 3 aromatic carbocycles. The Kier molecular flexibility index (Phi) is 8.28. The second-order valence-corrected chi connectivity index (χ2v) is 9.69. The lowest BCUT2D eigenvalue weighted by molar-refractivity contribution is 0.0601. The normalized spacial score (nSPS) is 11.0. The van der Waals surface area contributed by atoms with Crippen molar-refractivity contribution in [2.75, 3.05) is 20.8 Å². The Morgan fingerprint density at radius 1 is 1.02 bits per heavy atom. The maximum Gasteiger partial charge on any atom is 0.337 e. The first kappa shape index (κ1) is 27.8. The summed E-state index contributed by atoms with van der Waals surface area (Å²) in [5.74, 6) is -0.842. The summed E-state index contributed by atoms with van der Waals surface area (Å²) in [6, 6.07) is 15.9. The van der Waals surface area contributed by atoms with Crippen LogP contribution in [0.1, 0.15) is 32.9 Å². The van der Waals surface area contributed by atoms with E-state index in [9.17, 15) is 9.18 Å². The minimum atomic E-state index is -0.559. The van der Waals surface area contributed by atoms with E-state index in [0.717, 1.165) is 23.1 Å². The van der Waals surface area contributed by atoms with Gasteiger partial charge in [0.05, 0.1) is 41.9 Å². The molecular formula is C29H23F2N5O4S. The van der Waals surface area contributed by atoms with Crippen LogP contribution in [0.5, 0.6) is 6.01 Å². The van der Waals surface area contributed by atoms with Crippen LogP contribution in [-0.2, 0) is 29.0 Å². The average Bonchev–Trinajstić information content (AvgIpc) is 3.60. The van der Waals surface area contributed by atoms with Gasteiger partial charge in [-0.25, -0.2) is 18.6 Å². The van der Waals surface area contributed by atoms with Gasteiger partial charge >= 0.3 is 12.0 Å². The van der Waals surface area contributed by atoms with Gasteiger partial charge in [-0.3, -0.25) is 0 Å². The number of nitrogens with zero attached hydrogens (tertiary/aromatic N) is 5. The molecule has 5 aromatic rings. The SMILES string of the molecule is COCCn1c(Cc2ccc(-c3nc(OCc4ccc(C#N)cc4F)ns3)cc2F)nc2ccc(C(=O)OC)cc21. The van der Waals surface area contributed by atoms with Crippen molar-refractivity contribution in [3.8, 4) is 22.7 Å². The molecule has 41 heavy (non-hydrogen) atoms. The number of methoxy groups -OCH3 is 2. The van der Waals surface area contributed by atoms with Crippen LogP contribution in [0.3, 0.4) is 0 Å². The van der Waals surface area contributed by atoms with E-state index < -0.39 is 17.6 Å². The quantitative estimate of drug-likeness (QED) is 0.206. The molecule has 12 heteroatoms. The molecule has 0 aliphatic heterocycles. The molecular weight excluding hydrogens is 552 g/mol. The van der Waals surface area contributed by atoms with Crippen LogP contribution in [0.2, 0.25) is 0 Å². The third kappa shape index (κ3) is 6.06. The molecule has 2 aromatic heterocycles. The minimum Gasteiger partial charge on any atom is -0.465 e. The van der Waals surface area contributed by atoms with Crippen LogP contribution in [0.25, 0.3) is 21.6 Å². The van der Waals surface area contributed by atoms with E-state index in [-0.39, 0.29) is 30.2 Å². The molecule has 0 saturated carbocycles. The molecule has 0 radical (unpaired) electrons. The smallest absolute Gasteiger partial charge is 0.337 e. The Balaban J connectivity index is 1.34. The fourth-order valence-electron chi connectivity index (χ4n) is 4.24. The molecule has 0 aliphatic rings. The fourth-order valence-corrected chi connectivity index (χ4v) is 4.85. The number of hydrogen-bond donors (Lipinski definition) is 0. The Labute approximate surface area is 237 Å². The number of carbonyl (C=O) groups is 1. The van der Waals surface area contributed by atoms with E-state index in [0.29, 0.717) is 46.2 Å². The monoisotopic (exact) mass is 575 g/mol. The van der Waals surface area contributed by atoms with Gasteiger partial charge in [-0.2, -0.15) is 10.2 Å². The van der Waals surface area contributed by atoms with Crippen molar-refractivity contribution in [3.63, 3.8) is 0 Å². The minimum absolute atomic E-state index is 0.0384. The zero-order valence-electron chi connectivity index (χ0n) is 22.1. The van der Waals surface area contributed by atoms with Crippen LogP contribution in [-0.4, -0.2) is 45.7 Å². The zero-order valence-corrected chi connectivity index (χ0v) is 22.9. The summed E-state index contributed by atoms with van der Waals surface area (Å²) in [4.78, 5) is 21.0. The number of esters is 1. The molecule has 0 bridgehead atoms. The predicted octanol–water partition coefficient (Wildman–Crippen LogP) is 5.31. The number of imidazole rings is 1. The van der Waals surface area contributed by atoms with Gasteiger partial charge in [0.2, 0.25) is 0 Å². The Bertz CT molecular complexity index is 1780. The van der Waals surface area contributed by atoms with Gasteiger partial charge in [0, 0.05) is 31.2 Å². The second kappa shape index (κ2) is 12.2. The standard InChI is InChI=1S/C29H23F2N5O4S/c1-38-10-9-36-25-13-20(28(37)39-2)7-8-24(25)33-26(36)14-18-5-6-19(12-23(18)31)27-34-29(35-41-27)40-16-21-4-3-17(15-32)11-22(21)30/h3-8,11-13H,9-10,14,16H2,1-2H3. The summed E-state index contributed by atoms with van der Waals surface area (Å²) >= 11 is 1.03. The number of rotatable bonds is 10. The summed E-state index contributed by atoms with van der Waals surface area (Å²) in [6.45, 7) is 0.750. The fraction of sp³-hybridized carbons (Fsp3) is 0.207. The van der Waals surface area contributed by atoms with E-state index in [1.54, 1.807) is 37.4 Å². The van der Waals surface area contributed by atoms with Crippen molar-refractivity contribution in [3.05, 3.63) is 94.3 Å². The lowest BCUT2D eigenvalue weighted by Crippen LogP contribution is -2.10. The number of nitriles is 1. The molecule has 0 spiro atoms. The Hall–Kier alpha value is -4.73. The number of carbonyl (C=O) groups excluding carboxylic acids is 1. The van der Waals surface area contributed by atoms with E-state index in [1.165, 1.54) is 25.3 Å². The van der Waals surface area contributed by atoms with Crippen molar-refractivity contribution in [1.82, 2.24) is 18.9 Å². The lowest BCUT2D eigenvalue weighted by Gasteiger charge is -2.10. The van der Waals surface area contributed by atoms with Gasteiger partial charge < -0.3 is 18.8 Å². The average molecular weight is 576 g/mol. The third-order valence-electron chi connectivity index (χ3n) is 6.36. The topological polar surface area (TPSA) is 112 Å². The van der Waals surface area contributed by atoms with Crippen molar-refractivity contribution in [1.29, 1.82) is 5.26 Å². The number of hydrogen-bond acceptors (Lipinski definition) is 9. The van der Waals surface area contributed by atoms with E-state index in [1.807, 2.05) is 10.6 Å². The van der Waals surface area contributed by atoms with Crippen LogP contribution < -0.4 is 4.74 Å². The highest BCUT2D eigenvalue weighted by molar-refractivity contribution is 7.09. The molecule has 0 saturated heterocycles. The maximum atomic E-state index is 15.3. The largest absolute Gasteiger partial charge is 0.465 e. The summed E-state index contributed by atoms with van der Waals surface area (Å²) in [5, 5.41) is 9.31. The highest BCUT2D eigenvalue weighted by atomic mass is 32.1. The Morgan fingerprint density at radius 3 is 2.56 bits per heavy atom. The summed E-state index contributed by atoms with van der Waals surface area (Å²) < 4.78 is 51.0. The van der Waals surface area contributed by atoms with Crippen LogP contribution in [0, 0.1) is 23.0 Å². The summed E-state index contributed by atoms with van der Waals surface area (Å²) in [6.07, 6.45) is 0.207. The molecule has 0 unspecified atom stereocenters. The van der Waals surface area contributed by atoms with Gasteiger partial charge in [-0.05, 0) is 53.5 Å². The highest BCUT2D eigenvalue weighted by Crippen LogP contribution is 2.28. The molecule has 208 valence electrons. The second-order valence-electron chi connectivity index (χ2n) is 8.94. The third-order valence-corrected chi connectivity index (χ3v) is 7.11. The molecule has 0 atom stereocenters. The van der Waals surface area contributed by atoms with Crippen LogP contribution in [0.4, 0.5) is 8.78 Å². The number of fused-ring (bicyclic) bond motifs is 1. The summed E-state index contributed by atoms with van der Waals surface area (Å²) in [7, 11) is 2.91.